The molecule has 0 radical (unpaired) electrons. The third kappa shape index (κ3) is 2.50. The lowest BCUT2D eigenvalue weighted by Gasteiger charge is -2.37. The molecule has 2 N–H and O–H groups in total. The summed E-state index contributed by atoms with van der Waals surface area (Å²) in [6.07, 6.45) is 4.04. The van der Waals surface area contributed by atoms with E-state index in [-0.39, 0.29) is 0 Å². The highest BCUT2D eigenvalue weighted by Gasteiger charge is 2.37. The molecule has 0 spiro atoms. The van der Waals surface area contributed by atoms with Crippen molar-refractivity contribution in [3.8, 4) is 0 Å². The van der Waals surface area contributed by atoms with Crippen LogP contribution in [0, 0.1) is 0 Å². The van der Waals surface area contributed by atoms with Gasteiger partial charge in [-0.2, -0.15) is 0 Å². The van der Waals surface area contributed by atoms with Gasteiger partial charge in [-0.25, -0.2) is 4.98 Å². The summed E-state index contributed by atoms with van der Waals surface area (Å²) < 4.78 is 11.1. The lowest BCUT2D eigenvalue weighted by atomic mass is 10.1. The summed E-state index contributed by atoms with van der Waals surface area (Å²) >= 11 is 1.71. The summed E-state index contributed by atoms with van der Waals surface area (Å²) in [5.41, 5.74) is 6.79. The Morgan fingerprint density at radius 3 is 3.21 bits per heavy atom. The molecule has 1 saturated carbocycles. The van der Waals surface area contributed by atoms with Gasteiger partial charge in [0.05, 0.1) is 31.1 Å². The third-order valence-corrected chi connectivity index (χ3v) is 5.12. The fourth-order valence-electron chi connectivity index (χ4n) is 3.06. The number of rotatable bonds is 4. The van der Waals surface area contributed by atoms with Crippen LogP contribution in [0.4, 0.5) is 5.13 Å². The Hall–Kier alpha value is -0.690. The number of hydrogen-bond donors (Lipinski definition) is 1. The predicted molar refractivity (Wildman–Crippen MR) is 75.4 cm³/mol. The van der Waals surface area contributed by atoms with E-state index in [1.807, 2.05) is 0 Å². The Morgan fingerprint density at radius 1 is 1.53 bits per heavy atom. The number of hydrogen-bond acceptors (Lipinski definition) is 6. The largest absolute Gasteiger partial charge is 0.378 e. The number of aromatic nitrogens is 1. The Balaban J connectivity index is 1.84. The van der Waals surface area contributed by atoms with Crippen LogP contribution in [-0.2, 0) is 22.6 Å². The number of fused-ring (bicyclic) bond motifs is 1. The zero-order valence-electron chi connectivity index (χ0n) is 11.3. The van der Waals surface area contributed by atoms with Gasteiger partial charge in [0.15, 0.2) is 5.13 Å². The van der Waals surface area contributed by atoms with Crippen LogP contribution >= 0.6 is 11.3 Å². The lowest BCUT2D eigenvalue weighted by Crippen LogP contribution is -2.48. The van der Waals surface area contributed by atoms with Gasteiger partial charge in [0.25, 0.3) is 0 Å². The fraction of sp³-hybridized carbons (Fsp3) is 0.769. The molecular weight excluding hydrogens is 262 g/mol. The Kier molecular flexibility index (Phi) is 4.02. The van der Waals surface area contributed by atoms with E-state index in [9.17, 15) is 0 Å². The normalized spacial score (nSPS) is 26.7. The average Bonchev–Trinajstić information content (AvgIpc) is 3.04. The summed E-state index contributed by atoms with van der Waals surface area (Å²) in [5, 5.41) is 1.09. The maximum absolute atomic E-state index is 5.85. The van der Waals surface area contributed by atoms with Crippen molar-refractivity contribution in [3.05, 3.63) is 10.6 Å². The number of nitrogens with zero attached hydrogens (tertiary/aromatic N) is 2. The zero-order valence-corrected chi connectivity index (χ0v) is 12.1. The van der Waals surface area contributed by atoms with Gasteiger partial charge in [0, 0.05) is 25.1 Å². The van der Waals surface area contributed by atoms with Crippen LogP contribution in [0.2, 0.25) is 0 Å². The van der Waals surface area contributed by atoms with Crippen molar-refractivity contribution >= 4 is 16.5 Å². The monoisotopic (exact) mass is 283 g/mol. The Morgan fingerprint density at radius 2 is 2.42 bits per heavy atom. The molecule has 1 aliphatic heterocycles. The maximum Gasteiger partial charge on any atom is 0.186 e. The number of methoxy groups -OCH3 is 1. The Labute approximate surface area is 117 Å². The highest BCUT2D eigenvalue weighted by atomic mass is 32.1. The molecule has 1 saturated heterocycles. The summed E-state index contributed by atoms with van der Waals surface area (Å²) in [6.45, 7) is 2.82. The van der Waals surface area contributed by atoms with Gasteiger partial charge in [0.1, 0.15) is 0 Å². The van der Waals surface area contributed by atoms with Gasteiger partial charge in [-0.15, -0.1) is 11.3 Å². The van der Waals surface area contributed by atoms with Gasteiger partial charge in [-0.1, -0.05) is 0 Å². The molecule has 2 atom stereocenters. The summed E-state index contributed by atoms with van der Waals surface area (Å²) in [5.74, 6) is 0. The second kappa shape index (κ2) is 5.75. The van der Waals surface area contributed by atoms with Gasteiger partial charge < -0.3 is 20.1 Å². The van der Waals surface area contributed by atoms with E-state index in [0.717, 1.165) is 28.9 Å². The molecule has 2 heterocycles. The smallest absolute Gasteiger partial charge is 0.186 e. The van der Waals surface area contributed by atoms with Crippen molar-refractivity contribution in [2.75, 3.05) is 25.2 Å². The molecular formula is C13H21N3O2S. The topological polar surface area (TPSA) is 60.6 Å². The number of morpholine rings is 1. The van der Waals surface area contributed by atoms with Crippen LogP contribution in [0.5, 0.6) is 0 Å². The zero-order chi connectivity index (χ0) is 13.2. The summed E-state index contributed by atoms with van der Waals surface area (Å²) in [6, 6.07) is 0.501. The molecule has 2 unspecified atom stereocenters. The molecule has 1 aromatic rings. The van der Waals surface area contributed by atoms with Crippen LogP contribution in [0.15, 0.2) is 0 Å². The van der Waals surface area contributed by atoms with Crippen molar-refractivity contribution in [3.63, 3.8) is 0 Å². The number of anilines is 1. The SMILES string of the molecule is COCc1nc(N2CCOC3CCCC32)sc1CN. The van der Waals surface area contributed by atoms with E-state index < -0.39 is 0 Å². The fourth-order valence-corrected chi connectivity index (χ4v) is 4.09. The standard InChI is InChI=1S/C13H21N3O2S/c1-17-8-9-12(7-14)19-13(15-9)16-5-6-18-11-4-2-3-10(11)16/h10-11H,2-8,14H2,1H3. The molecule has 0 amide bonds. The van der Waals surface area contributed by atoms with Gasteiger partial charge in [0.2, 0.25) is 0 Å². The maximum atomic E-state index is 5.85. The summed E-state index contributed by atoms with van der Waals surface area (Å²) in [7, 11) is 1.70. The van der Waals surface area contributed by atoms with Crippen LogP contribution in [0.1, 0.15) is 29.8 Å². The second-order valence-electron chi connectivity index (χ2n) is 5.10. The van der Waals surface area contributed by atoms with Gasteiger partial charge >= 0.3 is 0 Å². The lowest BCUT2D eigenvalue weighted by molar-refractivity contribution is 0.0256. The predicted octanol–water partition coefficient (Wildman–Crippen LogP) is 1.51. The van der Waals surface area contributed by atoms with Gasteiger partial charge in [-0.05, 0) is 19.3 Å². The van der Waals surface area contributed by atoms with E-state index in [4.69, 9.17) is 20.2 Å². The molecule has 1 aromatic heterocycles. The van der Waals surface area contributed by atoms with E-state index in [1.54, 1.807) is 18.4 Å². The first-order valence-corrected chi connectivity index (χ1v) is 7.71. The van der Waals surface area contributed by atoms with Crippen LogP contribution in [0.25, 0.3) is 0 Å². The number of nitrogens with two attached hydrogens (primary N) is 1. The minimum Gasteiger partial charge on any atom is -0.378 e. The molecule has 5 nitrogen and oxygen atoms in total. The van der Waals surface area contributed by atoms with Crippen LogP contribution in [-0.4, -0.2) is 37.4 Å². The molecule has 1 aliphatic carbocycles. The molecule has 19 heavy (non-hydrogen) atoms. The highest BCUT2D eigenvalue weighted by molar-refractivity contribution is 7.15. The molecule has 106 valence electrons. The molecule has 3 rings (SSSR count). The first-order valence-electron chi connectivity index (χ1n) is 6.89. The van der Waals surface area contributed by atoms with Crippen LogP contribution in [0.3, 0.4) is 0 Å². The van der Waals surface area contributed by atoms with Crippen molar-refractivity contribution in [1.82, 2.24) is 4.98 Å². The van der Waals surface area contributed by atoms with E-state index in [2.05, 4.69) is 4.90 Å². The molecule has 0 aromatic carbocycles. The first-order chi connectivity index (χ1) is 9.33. The minimum absolute atomic E-state index is 0.393. The molecule has 0 bridgehead atoms. The van der Waals surface area contributed by atoms with E-state index in [1.165, 1.54) is 19.3 Å². The average molecular weight is 283 g/mol. The second-order valence-corrected chi connectivity index (χ2v) is 6.17. The Bertz CT molecular complexity index is 438. The molecule has 2 fully saturated rings. The highest BCUT2D eigenvalue weighted by Crippen LogP contribution is 2.36. The van der Waals surface area contributed by atoms with Gasteiger partial charge in [-0.3, -0.25) is 0 Å². The molecule has 2 aliphatic rings. The van der Waals surface area contributed by atoms with E-state index >= 15 is 0 Å². The van der Waals surface area contributed by atoms with Crippen molar-refractivity contribution in [2.45, 2.75) is 44.6 Å². The van der Waals surface area contributed by atoms with Crippen molar-refractivity contribution in [2.24, 2.45) is 5.73 Å². The van der Waals surface area contributed by atoms with Crippen LogP contribution < -0.4 is 10.6 Å². The summed E-state index contributed by atoms with van der Waals surface area (Å²) in [4.78, 5) is 8.30. The third-order valence-electron chi connectivity index (χ3n) is 3.96. The van der Waals surface area contributed by atoms with Crippen molar-refractivity contribution in [1.29, 1.82) is 0 Å². The first kappa shape index (κ1) is 13.3. The minimum atomic E-state index is 0.393. The van der Waals surface area contributed by atoms with E-state index in [0.29, 0.717) is 25.3 Å². The quantitative estimate of drug-likeness (QED) is 0.907. The van der Waals surface area contributed by atoms with Crippen molar-refractivity contribution < 1.29 is 9.47 Å². The number of ether oxygens (including phenoxy) is 2. The number of thiazole rings is 1. The molecule has 6 heteroatoms.